The van der Waals surface area contributed by atoms with Crippen LogP contribution in [0.15, 0.2) is 78.9 Å². The highest BCUT2D eigenvalue weighted by molar-refractivity contribution is 5.95. The number of benzene rings is 3. The van der Waals surface area contributed by atoms with Gasteiger partial charge in [0.2, 0.25) is 5.91 Å². The largest absolute Gasteiger partial charge is 0.497 e. The molecule has 0 bridgehead atoms. The highest BCUT2D eigenvalue weighted by Crippen LogP contribution is 2.34. The number of methoxy groups -OCH3 is 1. The molecule has 0 aromatic heterocycles. The number of amides is 2. The highest BCUT2D eigenvalue weighted by atomic mass is 19.1. The molecule has 6 heteroatoms. The van der Waals surface area contributed by atoms with E-state index in [0.29, 0.717) is 30.9 Å². The molecular weight excluding hydrogens is 407 g/mol. The number of carbonyl (C=O) groups excluding carboxylic acids is 2. The van der Waals surface area contributed by atoms with Gasteiger partial charge in [-0.2, -0.15) is 0 Å². The predicted molar refractivity (Wildman–Crippen MR) is 120 cm³/mol. The van der Waals surface area contributed by atoms with E-state index in [9.17, 15) is 14.0 Å². The van der Waals surface area contributed by atoms with Crippen LogP contribution in [0.3, 0.4) is 0 Å². The molecule has 0 unspecified atom stereocenters. The first kappa shape index (κ1) is 21.6. The Kier molecular flexibility index (Phi) is 6.50. The summed E-state index contributed by atoms with van der Waals surface area (Å²) in [6.45, 7) is 1.08. The molecule has 3 aromatic carbocycles. The van der Waals surface area contributed by atoms with Gasteiger partial charge in [0.15, 0.2) is 0 Å². The first-order valence-electron chi connectivity index (χ1n) is 10.6. The van der Waals surface area contributed by atoms with Crippen molar-refractivity contribution >= 4 is 11.8 Å². The van der Waals surface area contributed by atoms with Gasteiger partial charge in [-0.25, -0.2) is 4.39 Å². The molecule has 5 nitrogen and oxygen atoms in total. The van der Waals surface area contributed by atoms with Crippen molar-refractivity contribution in [1.82, 2.24) is 10.2 Å². The van der Waals surface area contributed by atoms with E-state index in [0.717, 1.165) is 11.1 Å². The molecule has 1 aliphatic rings. The van der Waals surface area contributed by atoms with Gasteiger partial charge in [-0.15, -0.1) is 0 Å². The minimum atomic E-state index is -0.382. The Morgan fingerprint density at radius 1 is 1.00 bits per heavy atom. The van der Waals surface area contributed by atoms with Crippen molar-refractivity contribution in [1.29, 1.82) is 0 Å². The molecule has 1 N–H and O–H groups in total. The number of nitrogens with one attached hydrogen (secondary N) is 1. The van der Waals surface area contributed by atoms with Crippen LogP contribution in [0.4, 0.5) is 4.39 Å². The molecule has 0 radical (unpaired) electrons. The molecule has 1 aliphatic heterocycles. The van der Waals surface area contributed by atoms with Crippen molar-refractivity contribution in [3.05, 3.63) is 101 Å². The van der Waals surface area contributed by atoms with E-state index in [1.165, 1.54) is 12.1 Å². The molecule has 0 saturated carbocycles. The summed E-state index contributed by atoms with van der Waals surface area (Å²) < 4.78 is 18.4. The smallest absolute Gasteiger partial charge is 0.254 e. The number of nitrogens with zero attached hydrogens (tertiary/aromatic N) is 1. The minimum Gasteiger partial charge on any atom is -0.497 e. The third-order valence-corrected chi connectivity index (χ3v) is 5.87. The zero-order chi connectivity index (χ0) is 22.5. The maximum atomic E-state index is 13.2. The summed E-state index contributed by atoms with van der Waals surface area (Å²) in [5.41, 5.74) is 2.37. The van der Waals surface area contributed by atoms with Crippen LogP contribution in [-0.4, -0.2) is 36.9 Å². The molecule has 1 heterocycles. The summed E-state index contributed by atoms with van der Waals surface area (Å²) in [4.78, 5) is 28.0. The first-order chi connectivity index (χ1) is 15.5. The van der Waals surface area contributed by atoms with Crippen LogP contribution < -0.4 is 10.1 Å². The van der Waals surface area contributed by atoms with Gasteiger partial charge in [0.05, 0.1) is 13.0 Å². The van der Waals surface area contributed by atoms with Crippen LogP contribution in [0.2, 0.25) is 0 Å². The maximum Gasteiger partial charge on any atom is 0.254 e. The van der Waals surface area contributed by atoms with E-state index in [1.807, 2.05) is 30.3 Å². The Morgan fingerprint density at radius 3 is 2.47 bits per heavy atom. The summed E-state index contributed by atoms with van der Waals surface area (Å²) >= 11 is 0. The molecular formula is C26H25FN2O3. The van der Waals surface area contributed by atoms with E-state index in [-0.39, 0.29) is 29.5 Å². The Hall–Kier alpha value is -3.67. The Bertz CT molecular complexity index is 1090. The van der Waals surface area contributed by atoms with Crippen molar-refractivity contribution in [3.8, 4) is 5.75 Å². The van der Waals surface area contributed by atoms with E-state index < -0.39 is 0 Å². The third kappa shape index (κ3) is 4.80. The third-order valence-electron chi connectivity index (χ3n) is 5.87. The fourth-order valence-electron chi connectivity index (χ4n) is 4.13. The summed E-state index contributed by atoms with van der Waals surface area (Å²) in [6, 6.07) is 22.9. The summed E-state index contributed by atoms with van der Waals surface area (Å²) in [5.74, 6) is -0.441. The lowest BCUT2D eigenvalue weighted by molar-refractivity contribution is -0.125. The molecule has 1 fully saturated rings. The van der Waals surface area contributed by atoms with Crippen LogP contribution in [-0.2, 0) is 11.3 Å². The lowest BCUT2D eigenvalue weighted by Gasteiger charge is -2.18. The summed E-state index contributed by atoms with van der Waals surface area (Å²) in [6.07, 6.45) is 0. The second kappa shape index (κ2) is 9.64. The van der Waals surface area contributed by atoms with Crippen LogP contribution in [0, 0.1) is 11.7 Å². The molecule has 4 rings (SSSR count). The van der Waals surface area contributed by atoms with Gasteiger partial charge in [0.1, 0.15) is 11.6 Å². The van der Waals surface area contributed by atoms with Gasteiger partial charge in [-0.05, 0) is 41.5 Å². The average Bonchev–Trinajstić information content (AvgIpc) is 3.29. The molecule has 0 spiro atoms. The maximum absolute atomic E-state index is 13.2. The van der Waals surface area contributed by atoms with Crippen LogP contribution >= 0.6 is 0 Å². The second-order valence-corrected chi connectivity index (χ2v) is 7.91. The SMILES string of the molecule is COc1cccc(C(=O)N2C[C@H](C(=O)NCc3ccc(F)cc3)[C@H](c3ccccc3)C2)c1. The Labute approximate surface area is 186 Å². The number of rotatable bonds is 6. The van der Waals surface area contributed by atoms with E-state index in [4.69, 9.17) is 4.74 Å². The predicted octanol–water partition coefficient (Wildman–Crippen LogP) is 4.01. The standard InChI is InChI=1S/C26H25FN2O3/c1-32-22-9-5-8-20(14-22)26(31)29-16-23(19-6-3-2-4-7-19)24(17-29)25(30)28-15-18-10-12-21(27)13-11-18/h2-14,23-24H,15-17H2,1H3,(H,28,30)/t23-,24-/m0/s1. The van der Waals surface area contributed by atoms with Gasteiger partial charge in [0, 0.05) is 31.1 Å². The molecule has 2 amide bonds. The molecule has 3 aromatic rings. The molecule has 164 valence electrons. The monoisotopic (exact) mass is 432 g/mol. The zero-order valence-corrected chi connectivity index (χ0v) is 17.8. The summed E-state index contributed by atoms with van der Waals surface area (Å²) in [5, 5.41) is 2.96. The molecule has 2 atom stereocenters. The van der Waals surface area contributed by atoms with Crippen LogP contribution in [0.25, 0.3) is 0 Å². The zero-order valence-electron chi connectivity index (χ0n) is 17.8. The average molecular weight is 432 g/mol. The summed E-state index contributed by atoms with van der Waals surface area (Å²) in [7, 11) is 1.56. The van der Waals surface area contributed by atoms with Crippen LogP contribution in [0.5, 0.6) is 5.75 Å². The van der Waals surface area contributed by atoms with E-state index >= 15 is 0 Å². The Balaban J connectivity index is 1.52. The van der Waals surface area contributed by atoms with Crippen molar-refractivity contribution in [2.75, 3.05) is 20.2 Å². The number of hydrogen-bond donors (Lipinski definition) is 1. The second-order valence-electron chi connectivity index (χ2n) is 7.91. The molecule has 0 aliphatic carbocycles. The lowest BCUT2D eigenvalue weighted by Crippen LogP contribution is -2.35. The number of carbonyl (C=O) groups is 2. The first-order valence-corrected chi connectivity index (χ1v) is 10.6. The van der Waals surface area contributed by atoms with Crippen molar-refractivity contribution < 1.29 is 18.7 Å². The van der Waals surface area contributed by atoms with Gasteiger partial charge >= 0.3 is 0 Å². The lowest BCUT2D eigenvalue weighted by atomic mass is 9.88. The van der Waals surface area contributed by atoms with Gasteiger partial charge in [-0.1, -0.05) is 48.5 Å². The number of likely N-dealkylation sites (tertiary alicyclic amines) is 1. The fraction of sp³-hybridized carbons (Fsp3) is 0.231. The number of halogens is 1. The normalized spacial score (nSPS) is 17.8. The molecule has 32 heavy (non-hydrogen) atoms. The molecule has 1 saturated heterocycles. The van der Waals surface area contributed by atoms with Crippen molar-refractivity contribution in [3.63, 3.8) is 0 Å². The van der Waals surface area contributed by atoms with Gasteiger partial charge in [0.25, 0.3) is 5.91 Å². The minimum absolute atomic E-state index is 0.112. The van der Waals surface area contributed by atoms with Crippen molar-refractivity contribution in [2.24, 2.45) is 5.92 Å². The number of ether oxygens (including phenoxy) is 1. The highest BCUT2D eigenvalue weighted by Gasteiger charge is 2.40. The quantitative estimate of drug-likeness (QED) is 0.640. The van der Waals surface area contributed by atoms with Gasteiger partial charge in [-0.3, -0.25) is 9.59 Å². The van der Waals surface area contributed by atoms with Crippen LogP contribution in [0.1, 0.15) is 27.4 Å². The number of hydrogen-bond acceptors (Lipinski definition) is 3. The van der Waals surface area contributed by atoms with Crippen molar-refractivity contribution in [2.45, 2.75) is 12.5 Å². The topological polar surface area (TPSA) is 58.6 Å². The fourth-order valence-corrected chi connectivity index (χ4v) is 4.13. The van der Waals surface area contributed by atoms with Gasteiger partial charge < -0.3 is 15.0 Å². The van der Waals surface area contributed by atoms with E-state index in [2.05, 4.69) is 5.32 Å². The Morgan fingerprint density at radius 2 is 1.75 bits per heavy atom. The van der Waals surface area contributed by atoms with E-state index in [1.54, 1.807) is 48.4 Å².